The number of aliphatic carboxylic acids is 1. The maximum Gasteiger partial charge on any atom is 0.407 e. The molecule has 0 saturated carbocycles. The molecule has 13 heteroatoms. The van der Waals surface area contributed by atoms with E-state index in [-0.39, 0.29) is 36.6 Å². The standard InChI is InChI=1S/C34H35F3N2O7S/c35-34(36,37)21-39(25-8-4-3-5-9-25)47(44,45)28-20-27-31(22-14-18-26(40)19-15-22)32(33(28)46-27)23-12-16-24(17-13-23)38-29(41)10-6-1-2-7-11-30(42)43/h3-5,8-9,12-19,27-28,33,40H,1-2,6-7,10-11,20-21H2,(H,38,41)(H,42,43). The van der Waals surface area contributed by atoms with E-state index in [0.29, 0.717) is 51.5 Å². The van der Waals surface area contributed by atoms with E-state index in [1.54, 1.807) is 42.5 Å². The van der Waals surface area contributed by atoms with Crippen molar-refractivity contribution in [1.82, 2.24) is 0 Å². The van der Waals surface area contributed by atoms with Crippen molar-refractivity contribution in [1.29, 1.82) is 0 Å². The van der Waals surface area contributed by atoms with Gasteiger partial charge in [-0.3, -0.25) is 13.9 Å². The van der Waals surface area contributed by atoms with Crippen LogP contribution in [0.2, 0.25) is 0 Å². The second-order valence-electron chi connectivity index (χ2n) is 11.6. The first-order chi connectivity index (χ1) is 22.3. The van der Waals surface area contributed by atoms with Gasteiger partial charge in [0.2, 0.25) is 15.9 Å². The third kappa shape index (κ3) is 8.14. The Morgan fingerprint density at radius 1 is 0.851 bits per heavy atom. The number of nitrogens with one attached hydrogen (secondary N) is 1. The Bertz CT molecular complexity index is 1710. The number of aromatic hydroxyl groups is 1. The molecule has 5 rings (SSSR count). The van der Waals surface area contributed by atoms with Crippen molar-refractivity contribution < 1.29 is 46.1 Å². The van der Waals surface area contributed by atoms with Crippen molar-refractivity contribution in [2.45, 2.75) is 68.6 Å². The van der Waals surface area contributed by atoms with Crippen LogP contribution in [0, 0.1) is 0 Å². The van der Waals surface area contributed by atoms with Crippen molar-refractivity contribution in [2.75, 3.05) is 16.2 Å². The number of carboxylic acids is 1. The van der Waals surface area contributed by atoms with Gasteiger partial charge in [-0.25, -0.2) is 8.42 Å². The zero-order valence-electron chi connectivity index (χ0n) is 25.3. The zero-order chi connectivity index (χ0) is 33.8. The van der Waals surface area contributed by atoms with Gasteiger partial charge in [0, 0.05) is 18.5 Å². The fraction of sp³-hybridized carbons (Fsp3) is 0.353. The van der Waals surface area contributed by atoms with Crippen LogP contribution in [0.4, 0.5) is 24.5 Å². The molecule has 9 nitrogen and oxygen atoms in total. The van der Waals surface area contributed by atoms with Crippen LogP contribution in [0.3, 0.4) is 0 Å². The first-order valence-electron chi connectivity index (χ1n) is 15.3. The van der Waals surface area contributed by atoms with Crippen molar-refractivity contribution >= 4 is 44.4 Å². The van der Waals surface area contributed by atoms with Gasteiger partial charge in [-0.05, 0) is 77.9 Å². The lowest BCUT2D eigenvalue weighted by Crippen LogP contribution is -2.47. The topological polar surface area (TPSA) is 133 Å². The number of hydrogen-bond acceptors (Lipinski definition) is 6. The monoisotopic (exact) mass is 672 g/mol. The summed E-state index contributed by atoms with van der Waals surface area (Å²) >= 11 is 0. The number of phenolic OH excluding ortho intramolecular Hbond substituents is 1. The lowest BCUT2D eigenvalue weighted by Gasteiger charge is -2.32. The minimum atomic E-state index is -4.79. The smallest absolute Gasteiger partial charge is 0.407 e. The fourth-order valence-electron chi connectivity index (χ4n) is 6.12. The first kappa shape index (κ1) is 34.0. The van der Waals surface area contributed by atoms with Crippen LogP contribution in [0.5, 0.6) is 5.75 Å². The summed E-state index contributed by atoms with van der Waals surface area (Å²) < 4.78 is 75.8. The lowest BCUT2D eigenvalue weighted by molar-refractivity contribution is -0.137. The summed E-state index contributed by atoms with van der Waals surface area (Å²) in [5.74, 6) is -1.02. The summed E-state index contributed by atoms with van der Waals surface area (Å²) in [7, 11) is -4.59. The Kier molecular flexibility index (Phi) is 10.3. The van der Waals surface area contributed by atoms with Gasteiger partial charge in [0.1, 0.15) is 23.6 Å². The van der Waals surface area contributed by atoms with E-state index < -0.39 is 46.2 Å². The molecule has 1 fully saturated rings. The number of sulfonamides is 1. The summed E-state index contributed by atoms with van der Waals surface area (Å²) in [5, 5.41) is 20.1. The molecule has 1 saturated heterocycles. The Labute approximate surface area is 270 Å². The van der Waals surface area contributed by atoms with E-state index in [1.165, 1.54) is 36.4 Å². The zero-order valence-corrected chi connectivity index (χ0v) is 26.1. The van der Waals surface area contributed by atoms with Gasteiger partial charge < -0.3 is 20.3 Å². The van der Waals surface area contributed by atoms with Crippen molar-refractivity contribution in [2.24, 2.45) is 0 Å². The highest BCUT2D eigenvalue weighted by atomic mass is 32.2. The maximum atomic E-state index is 14.0. The predicted octanol–water partition coefficient (Wildman–Crippen LogP) is 6.61. The minimum absolute atomic E-state index is 0.0337. The van der Waals surface area contributed by atoms with Gasteiger partial charge in [0.15, 0.2) is 0 Å². The number of phenols is 1. The summed E-state index contributed by atoms with van der Waals surface area (Å²) in [6.07, 6.45) is -3.68. The largest absolute Gasteiger partial charge is 0.508 e. The lowest BCUT2D eigenvalue weighted by atomic mass is 9.83. The molecule has 2 aliphatic rings. The van der Waals surface area contributed by atoms with E-state index in [2.05, 4.69) is 5.32 Å². The van der Waals surface area contributed by atoms with Crippen molar-refractivity contribution in [3.63, 3.8) is 0 Å². The Balaban J connectivity index is 1.40. The summed E-state index contributed by atoms with van der Waals surface area (Å²) in [5.41, 5.74) is 2.86. The molecule has 0 radical (unpaired) electrons. The third-order valence-corrected chi connectivity index (χ3v) is 10.4. The Morgan fingerprint density at radius 2 is 1.45 bits per heavy atom. The number of carboxylic acid groups (broad SMARTS) is 1. The average Bonchev–Trinajstić information content (AvgIpc) is 3.62. The van der Waals surface area contributed by atoms with Crippen LogP contribution in [-0.2, 0) is 24.3 Å². The average molecular weight is 673 g/mol. The number of amides is 1. The molecule has 3 atom stereocenters. The molecule has 2 aliphatic heterocycles. The molecular formula is C34H35F3N2O7S. The van der Waals surface area contributed by atoms with Gasteiger partial charge in [0.05, 0.1) is 11.8 Å². The molecule has 3 unspecified atom stereocenters. The number of fused-ring (bicyclic) bond motifs is 2. The second kappa shape index (κ2) is 14.2. The molecule has 0 spiro atoms. The van der Waals surface area contributed by atoms with Crippen LogP contribution >= 0.6 is 0 Å². The predicted molar refractivity (Wildman–Crippen MR) is 171 cm³/mol. The normalized spacial score (nSPS) is 19.2. The molecule has 2 bridgehead atoms. The van der Waals surface area contributed by atoms with Crippen molar-refractivity contribution in [3.05, 3.63) is 90.0 Å². The van der Waals surface area contributed by atoms with Crippen LogP contribution in [0.1, 0.15) is 56.1 Å². The van der Waals surface area contributed by atoms with Crippen LogP contribution in [0.25, 0.3) is 11.1 Å². The van der Waals surface area contributed by atoms with E-state index in [1.807, 2.05) is 0 Å². The highest BCUT2D eigenvalue weighted by molar-refractivity contribution is 7.93. The number of ether oxygens (including phenoxy) is 1. The summed E-state index contributed by atoms with van der Waals surface area (Å²) in [4.78, 5) is 23.1. The number of rotatable bonds is 14. The Morgan fingerprint density at radius 3 is 2.06 bits per heavy atom. The maximum absolute atomic E-state index is 14.0. The summed E-state index contributed by atoms with van der Waals surface area (Å²) in [6, 6.07) is 20.2. The van der Waals surface area contributed by atoms with Crippen molar-refractivity contribution in [3.8, 4) is 5.75 Å². The van der Waals surface area contributed by atoms with Gasteiger partial charge in [-0.1, -0.05) is 55.3 Å². The van der Waals surface area contributed by atoms with Crippen LogP contribution < -0.4 is 9.62 Å². The molecular weight excluding hydrogens is 637 g/mol. The first-order valence-corrected chi connectivity index (χ1v) is 16.8. The number of carbonyl (C=O) groups excluding carboxylic acids is 1. The van der Waals surface area contributed by atoms with Gasteiger partial charge in [-0.15, -0.1) is 0 Å². The van der Waals surface area contributed by atoms with E-state index >= 15 is 0 Å². The number of benzene rings is 3. The molecule has 47 heavy (non-hydrogen) atoms. The second-order valence-corrected chi connectivity index (χ2v) is 13.7. The number of anilines is 2. The highest BCUT2D eigenvalue weighted by Gasteiger charge is 2.55. The third-order valence-electron chi connectivity index (χ3n) is 8.25. The van der Waals surface area contributed by atoms with E-state index in [0.717, 1.165) is 6.42 Å². The number of hydrogen-bond donors (Lipinski definition) is 3. The molecule has 0 aliphatic carbocycles. The highest BCUT2D eigenvalue weighted by Crippen LogP contribution is 2.51. The molecule has 3 aromatic carbocycles. The number of para-hydroxylation sites is 1. The number of halogens is 3. The SMILES string of the molecule is O=C(O)CCCCCCC(=O)Nc1ccc(C2=C(c3ccc(O)cc3)C3CC(S(=O)(=O)N(CC(F)(F)F)c4ccccc4)C2O3)cc1. The summed E-state index contributed by atoms with van der Waals surface area (Å²) in [6.45, 7) is -1.69. The fourth-order valence-corrected chi connectivity index (χ4v) is 8.12. The number of unbranched alkanes of at least 4 members (excludes halogenated alkanes) is 3. The van der Waals surface area contributed by atoms with Crippen LogP contribution in [-0.4, -0.2) is 60.7 Å². The van der Waals surface area contributed by atoms with E-state index in [9.17, 15) is 36.3 Å². The van der Waals surface area contributed by atoms with Gasteiger partial charge in [-0.2, -0.15) is 13.2 Å². The van der Waals surface area contributed by atoms with E-state index in [4.69, 9.17) is 9.84 Å². The molecule has 3 aromatic rings. The van der Waals surface area contributed by atoms with Crippen LogP contribution in [0.15, 0.2) is 78.9 Å². The quantitative estimate of drug-likeness (QED) is 0.164. The molecule has 250 valence electrons. The minimum Gasteiger partial charge on any atom is -0.508 e. The van der Waals surface area contributed by atoms with Gasteiger partial charge in [0.25, 0.3) is 0 Å². The molecule has 0 aromatic heterocycles. The molecule has 3 N–H and O–H groups in total. The Hall–Kier alpha value is -4.36. The molecule has 2 heterocycles. The number of carbonyl (C=O) groups is 2. The van der Waals surface area contributed by atoms with Gasteiger partial charge >= 0.3 is 12.1 Å². The number of alkyl halides is 3. The number of nitrogens with zero attached hydrogens (tertiary/aromatic N) is 1. The molecule has 1 amide bonds.